The molecule has 0 fully saturated rings. The van der Waals surface area contributed by atoms with Crippen molar-refractivity contribution in [3.05, 3.63) is 59.8 Å². The molecule has 0 atom stereocenters. The number of carbonyl (C=O) groups excluding carboxylic acids is 1. The van der Waals surface area contributed by atoms with E-state index < -0.39 is 0 Å². The maximum absolute atomic E-state index is 12.0. The number of carbonyl (C=O) groups is 1. The van der Waals surface area contributed by atoms with Gasteiger partial charge in [0.15, 0.2) is 11.5 Å². The zero-order chi connectivity index (χ0) is 17.8. The lowest BCUT2D eigenvalue weighted by atomic mass is 10.1. The number of benzene rings is 2. The number of H-pyrrole nitrogens is 1. The van der Waals surface area contributed by atoms with Crippen molar-refractivity contribution in [3.63, 3.8) is 0 Å². The monoisotopic (exact) mass is 351 g/mol. The van der Waals surface area contributed by atoms with Gasteiger partial charge in [-0.25, -0.2) is 0 Å². The first-order valence-electron chi connectivity index (χ1n) is 8.70. The lowest BCUT2D eigenvalue weighted by Crippen LogP contribution is -2.34. The van der Waals surface area contributed by atoms with E-state index in [1.54, 1.807) is 0 Å². The third-order valence-electron chi connectivity index (χ3n) is 4.46. The van der Waals surface area contributed by atoms with Crippen LogP contribution in [-0.2, 0) is 17.8 Å². The predicted octanol–water partition coefficient (Wildman–Crippen LogP) is 2.35. The Labute approximate surface area is 151 Å². The van der Waals surface area contributed by atoms with Gasteiger partial charge in [0.1, 0.15) is 0 Å². The van der Waals surface area contributed by atoms with Crippen LogP contribution in [0.15, 0.2) is 48.7 Å². The Bertz CT molecular complexity index is 920. The summed E-state index contributed by atoms with van der Waals surface area (Å²) in [5, 5.41) is 7.34. The van der Waals surface area contributed by atoms with E-state index in [0.29, 0.717) is 13.1 Å². The van der Waals surface area contributed by atoms with E-state index in [2.05, 4.69) is 27.8 Å². The molecular formula is C20H21N3O3. The molecule has 2 aromatic carbocycles. The molecule has 0 radical (unpaired) electrons. The van der Waals surface area contributed by atoms with E-state index in [4.69, 9.17) is 9.47 Å². The standard InChI is InChI=1S/C20H21N3O3/c24-20(23-10-14-5-6-18-19(9-14)26-13-25-18)12-21-8-7-15-11-22-17-4-2-1-3-16(15)17/h1-6,9,11,21-22H,7-8,10,12-13H2,(H,23,24). The minimum atomic E-state index is -0.0263. The number of hydrogen-bond donors (Lipinski definition) is 3. The highest BCUT2D eigenvalue weighted by Gasteiger charge is 2.13. The Hall–Kier alpha value is -2.99. The van der Waals surface area contributed by atoms with Gasteiger partial charge in [0.25, 0.3) is 0 Å². The maximum Gasteiger partial charge on any atom is 0.234 e. The van der Waals surface area contributed by atoms with Gasteiger partial charge < -0.3 is 25.1 Å². The molecule has 0 spiro atoms. The summed E-state index contributed by atoms with van der Waals surface area (Å²) >= 11 is 0. The number of nitrogens with one attached hydrogen (secondary N) is 3. The van der Waals surface area contributed by atoms with Gasteiger partial charge in [0.2, 0.25) is 12.7 Å². The highest BCUT2D eigenvalue weighted by Crippen LogP contribution is 2.32. The first kappa shape index (κ1) is 16.5. The quantitative estimate of drug-likeness (QED) is 0.571. The molecule has 26 heavy (non-hydrogen) atoms. The number of ether oxygens (including phenoxy) is 2. The predicted molar refractivity (Wildman–Crippen MR) is 99.3 cm³/mol. The minimum Gasteiger partial charge on any atom is -0.454 e. The van der Waals surface area contributed by atoms with Crippen LogP contribution < -0.4 is 20.1 Å². The summed E-state index contributed by atoms with van der Waals surface area (Å²) in [6, 6.07) is 13.9. The molecule has 4 rings (SSSR count). The van der Waals surface area contributed by atoms with Crippen molar-refractivity contribution in [2.24, 2.45) is 0 Å². The smallest absolute Gasteiger partial charge is 0.234 e. The molecule has 1 amide bonds. The Morgan fingerprint density at radius 2 is 2.00 bits per heavy atom. The Balaban J connectivity index is 1.20. The van der Waals surface area contributed by atoms with Gasteiger partial charge in [0.05, 0.1) is 6.54 Å². The number of para-hydroxylation sites is 1. The number of rotatable bonds is 7. The summed E-state index contributed by atoms with van der Waals surface area (Å²) < 4.78 is 10.6. The number of aromatic nitrogens is 1. The van der Waals surface area contributed by atoms with E-state index in [1.165, 1.54) is 10.9 Å². The average molecular weight is 351 g/mol. The van der Waals surface area contributed by atoms with Crippen LogP contribution >= 0.6 is 0 Å². The number of aromatic amines is 1. The number of amides is 1. The first-order valence-corrected chi connectivity index (χ1v) is 8.70. The van der Waals surface area contributed by atoms with Crippen molar-refractivity contribution in [3.8, 4) is 11.5 Å². The van der Waals surface area contributed by atoms with Crippen molar-refractivity contribution < 1.29 is 14.3 Å². The van der Waals surface area contributed by atoms with Crippen molar-refractivity contribution >= 4 is 16.8 Å². The largest absolute Gasteiger partial charge is 0.454 e. The lowest BCUT2D eigenvalue weighted by Gasteiger charge is -2.07. The molecular weight excluding hydrogens is 330 g/mol. The maximum atomic E-state index is 12.0. The van der Waals surface area contributed by atoms with Crippen LogP contribution in [0.25, 0.3) is 10.9 Å². The zero-order valence-electron chi connectivity index (χ0n) is 14.4. The van der Waals surface area contributed by atoms with Crippen LogP contribution in [0, 0.1) is 0 Å². The van der Waals surface area contributed by atoms with Gasteiger partial charge in [-0.1, -0.05) is 24.3 Å². The molecule has 6 nitrogen and oxygen atoms in total. The lowest BCUT2D eigenvalue weighted by molar-refractivity contribution is -0.120. The summed E-state index contributed by atoms with van der Waals surface area (Å²) in [5.74, 6) is 1.45. The molecule has 1 aromatic heterocycles. The molecule has 6 heteroatoms. The topological polar surface area (TPSA) is 75.4 Å². The van der Waals surface area contributed by atoms with Gasteiger partial charge in [-0.2, -0.15) is 0 Å². The Kier molecular flexibility index (Phi) is 4.75. The third kappa shape index (κ3) is 3.65. The Morgan fingerprint density at radius 1 is 1.12 bits per heavy atom. The summed E-state index contributed by atoms with van der Waals surface area (Å²) in [7, 11) is 0. The molecule has 0 bridgehead atoms. The van der Waals surface area contributed by atoms with Gasteiger partial charge in [0, 0.05) is 23.6 Å². The van der Waals surface area contributed by atoms with Gasteiger partial charge in [-0.3, -0.25) is 4.79 Å². The third-order valence-corrected chi connectivity index (χ3v) is 4.46. The van der Waals surface area contributed by atoms with E-state index >= 15 is 0 Å². The van der Waals surface area contributed by atoms with Crippen molar-refractivity contribution in [2.45, 2.75) is 13.0 Å². The van der Waals surface area contributed by atoms with Crippen molar-refractivity contribution in [1.82, 2.24) is 15.6 Å². The van der Waals surface area contributed by atoms with Crippen LogP contribution in [-0.4, -0.2) is 30.8 Å². The second-order valence-electron chi connectivity index (χ2n) is 6.25. The fourth-order valence-corrected chi connectivity index (χ4v) is 3.08. The highest BCUT2D eigenvalue weighted by molar-refractivity contribution is 5.83. The van der Waals surface area contributed by atoms with Crippen LogP contribution in [0.2, 0.25) is 0 Å². The second-order valence-corrected chi connectivity index (χ2v) is 6.25. The van der Waals surface area contributed by atoms with Crippen LogP contribution in [0.5, 0.6) is 11.5 Å². The zero-order valence-corrected chi connectivity index (χ0v) is 14.4. The molecule has 2 heterocycles. The first-order chi connectivity index (χ1) is 12.8. The number of fused-ring (bicyclic) bond motifs is 2. The molecule has 0 saturated heterocycles. The molecule has 3 N–H and O–H groups in total. The van der Waals surface area contributed by atoms with Crippen LogP contribution in [0.1, 0.15) is 11.1 Å². The normalized spacial score (nSPS) is 12.5. The average Bonchev–Trinajstić information content (AvgIpc) is 3.30. The van der Waals surface area contributed by atoms with Gasteiger partial charge in [-0.05, 0) is 42.3 Å². The molecule has 0 unspecified atom stereocenters. The number of hydrogen-bond acceptors (Lipinski definition) is 4. The summed E-state index contributed by atoms with van der Waals surface area (Å²) in [6.07, 6.45) is 2.91. The molecule has 134 valence electrons. The van der Waals surface area contributed by atoms with Crippen molar-refractivity contribution in [2.75, 3.05) is 19.9 Å². The second kappa shape index (κ2) is 7.49. The molecule has 1 aliphatic heterocycles. The van der Waals surface area contributed by atoms with Gasteiger partial charge >= 0.3 is 0 Å². The summed E-state index contributed by atoms with van der Waals surface area (Å²) in [6.45, 7) is 1.78. The molecule has 0 saturated carbocycles. The van der Waals surface area contributed by atoms with E-state index in [1.807, 2.05) is 36.5 Å². The fraction of sp³-hybridized carbons (Fsp3) is 0.250. The summed E-state index contributed by atoms with van der Waals surface area (Å²) in [5.41, 5.74) is 3.39. The van der Waals surface area contributed by atoms with Crippen LogP contribution in [0.4, 0.5) is 0 Å². The van der Waals surface area contributed by atoms with E-state index in [0.717, 1.165) is 35.5 Å². The summed E-state index contributed by atoms with van der Waals surface area (Å²) in [4.78, 5) is 15.3. The Morgan fingerprint density at radius 3 is 2.96 bits per heavy atom. The molecule has 0 aliphatic carbocycles. The minimum absolute atomic E-state index is 0.0263. The highest BCUT2D eigenvalue weighted by atomic mass is 16.7. The van der Waals surface area contributed by atoms with Crippen molar-refractivity contribution in [1.29, 1.82) is 0 Å². The fourth-order valence-electron chi connectivity index (χ4n) is 3.08. The molecule has 1 aliphatic rings. The molecule has 3 aromatic rings. The van der Waals surface area contributed by atoms with E-state index in [9.17, 15) is 4.79 Å². The van der Waals surface area contributed by atoms with E-state index in [-0.39, 0.29) is 12.7 Å². The van der Waals surface area contributed by atoms with Crippen LogP contribution in [0.3, 0.4) is 0 Å². The SMILES string of the molecule is O=C(CNCCc1c[nH]c2ccccc12)NCc1ccc2c(c1)OCO2. The van der Waals surface area contributed by atoms with Gasteiger partial charge in [-0.15, -0.1) is 0 Å².